The Bertz CT molecular complexity index is 1200. The topological polar surface area (TPSA) is 115 Å². The molecule has 9 nitrogen and oxygen atoms in total. The van der Waals surface area contributed by atoms with Crippen LogP contribution in [0.25, 0.3) is 0 Å². The van der Waals surface area contributed by atoms with Crippen molar-refractivity contribution < 1.29 is 9.72 Å². The lowest BCUT2D eigenvalue weighted by atomic mass is 9.94. The minimum absolute atomic E-state index is 0.0560. The number of non-ortho nitro benzene ring substituents is 1. The van der Waals surface area contributed by atoms with Crippen molar-refractivity contribution in [3.05, 3.63) is 86.9 Å². The molecule has 1 aliphatic rings. The molecule has 0 saturated heterocycles. The van der Waals surface area contributed by atoms with E-state index in [4.69, 9.17) is 0 Å². The maximum Gasteiger partial charge on any atom is 0.269 e. The Kier molecular flexibility index (Phi) is 4.78. The number of fused-ring (bicyclic) bond motifs is 1. The predicted molar refractivity (Wildman–Crippen MR) is 112 cm³/mol. The molecule has 0 radical (unpaired) electrons. The molecule has 0 fully saturated rings. The monoisotopic (exact) mass is 404 g/mol. The normalized spacial score (nSPS) is 15.4. The fourth-order valence-electron chi connectivity index (χ4n) is 3.65. The Labute approximate surface area is 172 Å². The average molecular weight is 404 g/mol. The quantitative estimate of drug-likeness (QED) is 0.506. The molecule has 0 aliphatic carbocycles. The first kappa shape index (κ1) is 19.3. The molecule has 0 saturated carbocycles. The van der Waals surface area contributed by atoms with Crippen molar-refractivity contribution in [3.8, 4) is 0 Å². The Morgan fingerprint density at radius 2 is 2.00 bits per heavy atom. The summed E-state index contributed by atoms with van der Waals surface area (Å²) in [6.07, 6.45) is 1.38. The molecule has 1 aromatic heterocycles. The van der Waals surface area contributed by atoms with E-state index in [1.807, 2.05) is 32.0 Å². The molecule has 1 aliphatic heterocycles. The number of aromatic nitrogens is 3. The fourth-order valence-corrected chi connectivity index (χ4v) is 3.65. The van der Waals surface area contributed by atoms with Gasteiger partial charge in [-0.1, -0.05) is 29.8 Å². The Morgan fingerprint density at radius 3 is 2.73 bits per heavy atom. The SMILES string of the molecule is CC1=C(C(=O)Nc2ccc(C)cc2C)C(c2cccc([N+](=O)[O-])c2)n2ncnc2N1. The number of anilines is 2. The number of carbonyl (C=O) groups is 1. The van der Waals surface area contributed by atoms with Crippen LogP contribution in [0.5, 0.6) is 0 Å². The van der Waals surface area contributed by atoms with Crippen molar-refractivity contribution in [1.29, 1.82) is 0 Å². The van der Waals surface area contributed by atoms with E-state index >= 15 is 0 Å². The molecule has 3 aromatic rings. The first-order valence-electron chi connectivity index (χ1n) is 9.35. The standard InChI is InChI=1S/C21H20N6O3/c1-12-7-8-17(13(2)9-12)25-20(28)18-14(3)24-21-22-11-23-26(21)19(18)15-5-4-6-16(10-15)27(29)30/h4-11,19H,1-3H3,(H,25,28)(H,22,23,24). The van der Waals surface area contributed by atoms with Crippen molar-refractivity contribution in [2.45, 2.75) is 26.8 Å². The highest BCUT2D eigenvalue weighted by atomic mass is 16.6. The summed E-state index contributed by atoms with van der Waals surface area (Å²) in [5, 5.41) is 21.6. The minimum atomic E-state index is -0.658. The van der Waals surface area contributed by atoms with Crippen LogP contribution in [0.1, 0.15) is 29.7 Å². The number of hydrogen-bond acceptors (Lipinski definition) is 6. The molecular formula is C21H20N6O3. The van der Waals surface area contributed by atoms with Gasteiger partial charge in [0.1, 0.15) is 12.4 Å². The minimum Gasteiger partial charge on any atom is -0.328 e. The smallest absolute Gasteiger partial charge is 0.269 e. The van der Waals surface area contributed by atoms with Crippen molar-refractivity contribution in [1.82, 2.24) is 14.8 Å². The highest BCUT2D eigenvalue weighted by Gasteiger charge is 2.34. The summed E-state index contributed by atoms with van der Waals surface area (Å²) >= 11 is 0. The zero-order valence-corrected chi connectivity index (χ0v) is 16.7. The van der Waals surface area contributed by atoms with Gasteiger partial charge >= 0.3 is 0 Å². The third kappa shape index (κ3) is 3.41. The number of nitrogens with one attached hydrogen (secondary N) is 2. The summed E-state index contributed by atoms with van der Waals surface area (Å²) in [5.41, 5.74) is 4.28. The number of rotatable bonds is 4. The number of hydrogen-bond donors (Lipinski definition) is 2. The summed E-state index contributed by atoms with van der Waals surface area (Å²) in [6.45, 7) is 5.69. The molecule has 30 heavy (non-hydrogen) atoms. The van der Waals surface area contributed by atoms with E-state index in [-0.39, 0.29) is 11.6 Å². The summed E-state index contributed by atoms with van der Waals surface area (Å²) in [4.78, 5) is 28.4. The average Bonchev–Trinajstić information content (AvgIpc) is 3.17. The highest BCUT2D eigenvalue weighted by molar-refractivity contribution is 6.06. The van der Waals surface area contributed by atoms with Crippen molar-refractivity contribution in [2.75, 3.05) is 10.6 Å². The summed E-state index contributed by atoms with van der Waals surface area (Å²) < 4.78 is 1.56. The third-order valence-electron chi connectivity index (χ3n) is 5.07. The summed E-state index contributed by atoms with van der Waals surface area (Å²) in [7, 11) is 0. The number of allylic oxidation sites excluding steroid dienone is 1. The van der Waals surface area contributed by atoms with E-state index < -0.39 is 11.0 Å². The molecule has 9 heteroatoms. The van der Waals surface area contributed by atoms with Gasteiger partial charge in [-0.25, -0.2) is 4.68 Å². The second-order valence-corrected chi connectivity index (χ2v) is 7.22. The van der Waals surface area contributed by atoms with Gasteiger partial charge in [0, 0.05) is 23.5 Å². The largest absolute Gasteiger partial charge is 0.328 e. The fraction of sp³-hybridized carbons (Fsp3) is 0.190. The van der Waals surface area contributed by atoms with E-state index in [1.165, 1.54) is 18.5 Å². The second-order valence-electron chi connectivity index (χ2n) is 7.22. The first-order valence-corrected chi connectivity index (χ1v) is 9.35. The van der Waals surface area contributed by atoms with Gasteiger partial charge in [-0.15, -0.1) is 0 Å². The summed E-state index contributed by atoms with van der Waals surface area (Å²) in [6, 6.07) is 11.3. The first-order chi connectivity index (χ1) is 14.3. The Hall–Kier alpha value is -4.01. The zero-order valence-electron chi connectivity index (χ0n) is 16.7. The molecule has 4 rings (SSSR count). The third-order valence-corrected chi connectivity index (χ3v) is 5.07. The van der Waals surface area contributed by atoms with Crippen LogP contribution in [-0.2, 0) is 4.79 Å². The number of nitrogens with zero attached hydrogens (tertiary/aromatic N) is 4. The maximum atomic E-state index is 13.3. The second kappa shape index (κ2) is 7.43. The van der Waals surface area contributed by atoms with Gasteiger partial charge in [0.15, 0.2) is 0 Å². The maximum absolute atomic E-state index is 13.3. The predicted octanol–water partition coefficient (Wildman–Crippen LogP) is 3.73. The van der Waals surface area contributed by atoms with Crippen LogP contribution in [0, 0.1) is 24.0 Å². The molecule has 2 heterocycles. The molecule has 1 amide bonds. The number of aryl methyl sites for hydroxylation is 2. The molecule has 1 atom stereocenters. The summed E-state index contributed by atoms with van der Waals surface area (Å²) in [5.74, 6) is 0.150. The molecule has 1 unspecified atom stereocenters. The van der Waals surface area contributed by atoms with Crippen molar-refractivity contribution in [3.63, 3.8) is 0 Å². The van der Waals surface area contributed by atoms with Crippen molar-refractivity contribution >= 4 is 23.2 Å². The van der Waals surface area contributed by atoms with Gasteiger partial charge < -0.3 is 10.6 Å². The number of carbonyl (C=O) groups excluding carboxylic acids is 1. The van der Waals surface area contributed by atoms with Crippen LogP contribution < -0.4 is 10.6 Å². The van der Waals surface area contributed by atoms with Crippen LogP contribution in [0.15, 0.2) is 60.1 Å². The highest BCUT2D eigenvalue weighted by Crippen LogP contribution is 2.36. The number of benzene rings is 2. The number of nitro benzene ring substituents is 1. The van der Waals surface area contributed by atoms with E-state index in [2.05, 4.69) is 20.7 Å². The molecule has 2 aromatic carbocycles. The van der Waals surface area contributed by atoms with E-state index in [0.717, 1.165) is 11.1 Å². The van der Waals surface area contributed by atoms with Crippen LogP contribution in [-0.4, -0.2) is 25.6 Å². The molecule has 152 valence electrons. The van der Waals surface area contributed by atoms with E-state index in [0.29, 0.717) is 28.5 Å². The number of amides is 1. The molecular weight excluding hydrogens is 384 g/mol. The van der Waals surface area contributed by atoms with Crippen LogP contribution in [0.3, 0.4) is 0 Å². The van der Waals surface area contributed by atoms with Gasteiger partial charge in [0.2, 0.25) is 5.95 Å². The van der Waals surface area contributed by atoms with Crippen LogP contribution in [0.2, 0.25) is 0 Å². The molecule has 2 N–H and O–H groups in total. The Morgan fingerprint density at radius 1 is 1.20 bits per heavy atom. The lowest BCUT2D eigenvalue weighted by molar-refractivity contribution is -0.384. The zero-order chi connectivity index (χ0) is 21.4. The number of nitro groups is 1. The van der Waals surface area contributed by atoms with Crippen LogP contribution >= 0.6 is 0 Å². The van der Waals surface area contributed by atoms with Gasteiger partial charge in [-0.3, -0.25) is 14.9 Å². The van der Waals surface area contributed by atoms with Crippen LogP contribution in [0.4, 0.5) is 17.3 Å². The Balaban J connectivity index is 1.79. The lowest BCUT2D eigenvalue weighted by Crippen LogP contribution is -2.31. The van der Waals surface area contributed by atoms with Gasteiger partial charge in [0.25, 0.3) is 11.6 Å². The lowest BCUT2D eigenvalue weighted by Gasteiger charge is -2.28. The molecule has 0 spiro atoms. The van der Waals surface area contributed by atoms with Gasteiger partial charge in [0.05, 0.1) is 10.5 Å². The molecule has 0 bridgehead atoms. The van der Waals surface area contributed by atoms with E-state index in [9.17, 15) is 14.9 Å². The van der Waals surface area contributed by atoms with E-state index in [1.54, 1.807) is 23.7 Å². The van der Waals surface area contributed by atoms with Gasteiger partial charge in [-0.05, 0) is 38.0 Å². The van der Waals surface area contributed by atoms with Gasteiger partial charge in [-0.2, -0.15) is 10.1 Å². The van der Waals surface area contributed by atoms with Crippen molar-refractivity contribution in [2.24, 2.45) is 0 Å².